The summed E-state index contributed by atoms with van der Waals surface area (Å²) in [7, 11) is 0. The fourth-order valence-corrected chi connectivity index (χ4v) is 1.68. The van der Waals surface area contributed by atoms with Crippen molar-refractivity contribution < 1.29 is 9.53 Å². The third-order valence-corrected chi connectivity index (χ3v) is 2.74. The molecule has 1 amide bonds. The molecule has 0 aliphatic rings. The standard InChI is InChI=1S/C14H20ClNO2/c15-10-5-2-6-11-16-14(17)9-12-18-13-7-3-1-4-8-13/h1,3-4,7-8H,2,5-6,9-12H2,(H,16,17). The monoisotopic (exact) mass is 269 g/mol. The van der Waals surface area contributed by atoms with E-state index in [9.17, 15) is 4.79 Å². The van der Waals surface area contributed by atoms with Gasteiger partial charge in [0.1, 0.15) is 5.75 Å². The lowest BCUT2D eigenvalue weighted by Crippen LogP contribution is -2.25. The first-order chi connectivity index (χ1) is 8.83. The van der Waals surface area contributed by atoms with Crippen molar-refractivity contribution in [3.8, 4) is 5.75 Å². The van der Waals surface area contributed by atoms with Gasteiger partial charge >= 0.3 is 0 Å². The predicted octanol–water partition coefficient (Wildman–Crippen LogP) is 2.98. The first kappa shape index (κ1) is 14.8. The van der Waals surface area contributed by atoms with Crippen LogP contribution in [-0.4, -0.2) is 24.9 Å². The minimum Gasteiger partial charge on any atom is -0.493 e. The molecule has 18 heavy (non-hydrogen) atoms. The molecule has 100 valence electrons. The predicted molar refractivity (Wildman–Crippen MR) is 74.1 cm³/mol. The summed E-state index contributed by atoms with van der Waals surface area (Å²) in [6, 6.07) is 9.51. The summed E-state index contributed by atoms with van der Waals surface area (Å²) in [5.74, 6) is 1.53. The van der Waals surface area contributed by atoms with Crippen LogP contribution in [0.5, 0.6) is 5.75 Å². The van der Waals surface area contributed by atoms with Crippen molar-refractivity contribution in [2.75, 3.05) is 19.0 Å². The van der Waals surface area contributed by atoms with Gasteiger partial charge < -0.3 is 10.1 Å². The number of unbranched alkanes of at least 4 members (excludes halogenated alkanes) is 2. The quantitative estimate of drug-likeness (QED) is 0.553. The Kier molecular flexibility index (Phi) is 8.06. The maximum absolute atomic E-state index is 11.4. The number of amides is 1. The highest BCUT2D eigenvalue weighted by Gasteiger charge is 2.01. The molecule has 0 aromatic heterocycles. The number of para-hydroxylation sites is 1. The van der Waals surface area contributed by atoms with E-state index in [-0.39, 0.29) is 5.91 Å². The van der Waals surface area contributed by atoms with E-state index in [0.717, 1.165) is 31.6 Å². The van der Waals surface area contributed by atoms with Crippen molar-refractivity contribution in [2.24, 2.45) is 0 Å². The number of carbonyl (C=O) groups excluding carboxylic acids is 1. The van der Waals surface area contributed by atoms with Crippen molar-refractivity contribution >= 4 is 17.5 Å². The Bertz CT molecular complexity index is 330. The SMILES string of the molecule is O=C(CCOc1ccccc1)NCCCCCCl. The largest absolute Gasteiger partial charge is 0.493 e. The molecule has 0 aliphatic heterocycles. The van der Waals surface area contributed by atoms with E-state index in [4.69, 9.17) is 16.3 Å². The Morgan fingerprint density at radius 1 is 1.17 bits per heavy atom. The van der Waals surface area contributed by atoms with E-state index in [1.165, 1.54) is 0 Å². The second-order valence-electron chi connectivity index (χ2n) is 4.01. The summed E-state index contributed by atoms with van der Waals surface area (Å²) in [5, 5.41) is 2.87. The van der Waals surface area contributed by atoms with Gasteiger partial charge in [-0.05, 0) is 25.0 Å². The molecule has 1 aromatic carbocycles. The van der Waals surface area contributed by atoms with Crippen molar-refractivity contribution in [1.82, 2.24) is 5.32 Å². The normalized spacial score (nSPS) is 10.1. The molecule has 0 saturated heterocycles. The Morgan fingerprint density at radius 2 is 1.94 bits per heavy atom. The van der Waals surface area contributed by atoms with Gasteiger partial charge in [0.15, 0.2) is 0 Å². The van der Waals surface area contributed by atoms with Crippen LogP contribution in [0.1, 0.15) is 25.7 Å². The van der Waals surface area contributed by atoms with Crippen LogP contribution < -0.4 is 10.1 Å². The molecule has 0 spiro atoms. The summed E-state index contributed by atoms with van der Waals surface area (Å²) < 4.78 is 5.44. The number of halogens is 1. The van der Waals surface area contributed by atoms with Gasteiger partial charge in [-0.25, -0.2) is 0 Å². The van der Waals surface area contributed by atoms with Gasteiger partial charge in [-0.2, -0.15) is 0 Å². The fourth-order valence-electron chi connectivity index (χ4n) is 1.49. The number of carbonyl (C=O) groups is 1. The zero-order valence-corrected chi connectivity index (χ0v) is 11.3. The molecule has 0 fully saturated rings. The number of benzene rings is 1. The van der Waals surface area contributed by atoms with Gasteiger partial charge in [0, 0.05) is 12.4 Å². The smallest absolute Gasteiger partial charge is 0.223 e. The van der Waals surface area contributed by atoms with Crippen molar-refractivity contribution in [1.29, 1.82) is 0 Å². The highest BCUT2D eigenvalue weighted by molar-refractivity contribution is 6.17. The van der Waals surface area contributed by atoms with Gasteiger partial charge in [-0.1, -0.05) is 24.6 Å². The third-order valence-electron chi connectivity index (χ3n) is 2.47. The second kappa shape index (κ2) is 9.77. The molecular formula is C14H20ClNO2. The van der Waals surface area contributed by atoms with E-state index in [1.807, 2.05) is 30.3 Å². The summed E-state index contributed by atoms with van der Waals surface area (Å²) >= 11 is 5.57. The highest BCUT2D eigenvalue weighted by atomic mass is 35.5. The molecule has 0 heterocycles. The maximum atomic E-state index is 11.4. The number of alkyl halides is 1. The third kappa shape index (κ3) is 7.17. The average Bonchev–Trinajstić information content (AvgIpc) is 2.40. The summed E-state index contributed by atoms with van der Waals surface area (Å²) in [6.07, 6.45) is 3.45. The molecule has 4 heteroatoms. The van der Waals surface area contributed by atoms with E-state index in [0.29, 0.717) is 18.9 Å². The zero-order valence-electron chi connectivity index (χ0n) is 10.5. The zero-order chi connectivity index (χ0) is 13.1. The Morgan fingerprint density at radius 3 is 2.67 bits per heavy atom. The number of ether oxygens (including phenoxy) is 1. The van der Waals surface area contributed by atoms with Crippen LogP contribution in [-0.2, 0) is 4.79 Å². The van der Waals surface area contributed by atoms with Crippen molar-refractivity contribution in [2.45, 2.75) is 25.7 Å². The molecule has 1 rings (SSSR count). The van der Waals surface area contributed by atoms with E-state index >= 15 is 0 Å². The maximum Gasteiger partial charge on any atom is 0.223 e. The molecular weight excluding hydrogens is 250 g/mol. The van der Waals surface area contributed by atoms with E-state index in [2.05, 4.69) is 5.32 Å². The molecule has 3 nitrogen and oxygen atoms in total. The van der Waals surface area contributed by atoms with Gasteiger partial charge in [0.05, 0.1) is 13.0 Å². The van der Waals surface area contributed by atoms with Crippen molar-refractivity contribution in [3.05, 3.63) is 30.3 Å². The second-order valence-corrected chi connectivity index (χ2v) is 4.39. The number of hydrogen-bond donors (Lipinski definition) is 1. The van der Waals surface area contributed by atoms with Crippen LogP contribution in [0.3, 0.4) is 0 Å². The molecule has 0 saturated carbocycles. The molecule has 0 aliphatic carbocycles. The molecule has 1 N–H and O–H groups in total. The number of hydrogen-bond acceptors (Lipinski definition) is 2. The lowest BCUT2D eigenvalue weighted by atomic mass is 10.2. The lowest BCUT2D eigenvalue weighted by molar-refractivity contribution is -0.121. The lowest BCUT2D eigenvalue weighted by Gasteiger charge is -2.07. The van der Waals surface area contributed by atoms with Crippen LogP contribution in [0.25, 0.3) is 0 Å². The van der Waals surface area contributed by atoms with Gasteiger partial charge in [0.2, 0.25) is 5.91 Å². The molecule has 0 bridgehead atoms. The summed E-state index contributed by atoms with van der Waals surface area (Å²) in [5.41, 5.74) is 0. The first-order valence-electron chi connectivity index (χ1n) is 6.33. The number of nitrogens with one attached hydrogen (secondary N) is 1. The number of rotatable bonds is 9. The van der Waals surface area contributed by atoms with Crippen LogP contribution in [0.15, 0.2) is 30.3 Å². The molecule has 0 unspecified atom stereocenters. The fraction of sp³-hybridized carbons (Fsp3) is 0.500. The Balaban J connectivity index is 2.00. The van der Waals surface area contributed by atoms with Gasteiger partial charge in [0.25, 0.3) is 0 Å². The van der Waals surface area contributed by atoms with Crippen LogP contribution >= 0.6 is 11.6 Å². The molecule has 0 atom stereocenters. The average molecular weight is 270 g/mol. The van der Waals surface area contributed by atoms with Crippen LogP contribution in [0.2, 0.25) is 0 Å². The highest BCUT2D eigenvalue weighted by Crippen LogP contribution is 2.08. The Labute approximate surface area is 113 Å². The van der Waals surface area contributed by atoms with Crippen LogP contribution in [0.4, 0.5) is 0 Å². The van der Waals surface area contributed by atoms with Gasteiger partial charge in [-0.15, -0.1) is 11.6 Å². The topological polar surface area (TPSA) is 38.3 Å². The minimum atomic E-state index is 0.0387. The molecule has 0 radical (unpaired) electrons. The van der Waals surface area contributed by atoms with Crippen LogP contribution in [0, 0.1) is 0 Å². The molecule has 1 aromatic rings. The van der Waals surface area contributed by atoms with Crippen molar-refractivity contribution in [3.63, 3.8) is 0 Å². The summed E-state index contributed by atoms with van der Waals surface area (Å²) in [4.78, 5) is 11.4. The van der Waals surface area contributed by atoms with E-state index < -0.39 is 0 Å². The minimum absolute atomic E-state index is 0.0387. The van der Waals surface area contributed by atoms with Gasteiger partial charge in [-0.3, -0.25) is 4.79 Å². The first-order valence-corrected chi connectivity index (χ1v) is 6.87. The van der Waals surface area contributed by atoms with E-state index in [1.54, 1.807) is 0 Å². The Hall–Kier alpha value is -1.22. The summed E-state index contributed by atoms with van der Waals surface area (Å²) in [6.45, 7) is 1.14.